The molecular formula is C10H9N5O2S2. The van der Waals surface area contributed by atoms with Crippen LogP contribution in [0.3, 0.4) is 0 Å². The van der Waals surface area contributed by atoms with Crippen LogP contribution in [0.5, 0.6) is 5.88 Å². The molecule has 0 spiro atoms. The normalized spacial score (nSPS) is 11.0. The number of imidazole rings is 1. The van der Waals surface area contributed by atoms with Gasteiger partial charge in [-0.2, -0.15) is 4.98 Å². The second kappa shape index (κ2) is 4.59. The first-order valence-corrected chi connectivity index (χ1v) is 6.62. The van der Waals surface area contributed by atoms with E-state index in [1.165, 1.54) is 13.4 Å². The average Bonchev–Trinajstić information content (AvgIpc) is 2.94. The molecule has 3 aromatic heterocycles. The van der Waals surface area contributed by atoms with Crippen molar-refractivity contribution >= 4 is 34.7 Å². The van der Waals surface area contributed by atoms with Crippen LogP contribution in [0.1, 0.15) is 5.69 Å². The highest BCUT2D eigenvalue weighted by atomic mass is 32.1. The molecule has 0 bridgehead atoms. The van der Waals surface area contributed by atoms with E-state index < -0.39 is 0 Å². The van der Waals surface area contributed by atoms with Crippen molar-refractivity contribution in [2.45, 2.75) is 6.54 Å². The molecule has 7 nitrogen and oxygen atoms in total. The Bertz CT molecular complexity index is 843. The van der Waals surface area contributed by atoms with Gasteiger partial charge in [-0.15, -0.1) is 0 Å². The molecule has 2 N–H and O–H groups in total. The molecule has 3 heterocycles. The van der Waals surface area contributed by atoms with Gasteiger partial charge in [0.25, 0.3) is 0 Å². The molecule has 0 aromatic carbocycles. The van der Waals surface area contributed by atoms with Crippen molar-refractivity contribution in [3.8, 4) is 5.88 Å². The highest BCUT2D eigenvalue weighted by molar-refractivity contribution is 7.71. The van der Waals surface area contributed by atoms with Crippen LogP contribution in [0.2, 0.25) is 0 Å². The highest BCUT2D eigenvalue weighted by Crippen LogP contribution is 2.20. The average molecular weight is 295 g/mol. The fourth-order valence-corrected chi connectivity index (χ4v) is 2.63. The van der Waals surface area contributed by atoms with E-state index in [0.717, 1.165) is 17.0 Å². The molecule has 0 saturated carbocycles. The van der Waals surface area contributed by atoms with Crippen LogP contribution in [0.15, 0.2) is 16.5 Å². The van der Waals surface area contributed by atoms with E-state index in [1.54, 1.807) is 9.95 Å². The van der Waals surface area contributed by atoms with E-state index in [9.17, 15) is 4.79 Å². The van der Waals surface area contributed by atoms with E-state index in [-0.39, 0.29) is 4.87 Å². The number of fused-ring (bicyclic) bond motifs is 1. The SMILES string of the molecule is COc1ncnc2c1[nH]c(=S)n2Cc1csc(=O)[nH]1. The highest BCUT2D eigenvalue weighted by Gasteiger charge is 2.12. The summed E-state index contributed by atoms with van der Waals surface area (Å²) in [5.74, 6) is 0.439. The lowest BCUT2D eigenvalue weighted by Gasteiger charge is -2.02. The van der Waals surface area contributed by atoms with Gasteiger partial charge in [0.1, 0.15) is 11.8 Å². The molecule has 0 saturated heterocycles. The van der Waals surface area contributed by atoms with Crippen molar-refractivity contribution in [3.05, 3.63) is 31.8 Å². The van der Waals surface area contributed by atoms with Crippen molar-refractivity contribution < 1.29 is 4.74 Å². The monoisotopic (exact) mass is 295 g/mol. The fourth-order valence-electron chi connectivity index (χ4n) is 1.81. The zero-order chi connectivity index (χ0) is 13.4. The minimum Gasteiger partial charge on any atom is -0.479 e. The fraction of sp³-hybridized carbons (Fsp3) is 0.200. The largest absolute Gasteiger partial charge is 0.479 e. The predicted molar refractivity (Wildman–Crippen MR) is 73.3 cm³/mol. The maximum Gasteiger partial charge on any atom is 0.304 e. The Hall–Kier alpha value is -2.00. The van der Waals surface area contributed by atoms with Gasteiger partial charge in [0.15, 0.2) is 10.4 Å². The number of aromatic nitrogens is 5. The van der Waals surface area contributed by atoms with E-state index in [1.807, 2.05) is 0 Å². The molecular weight excluding hydrogens is 286 g/mol. The van der Waals surface area contributed by atoms with Gasteiger partial charge in [0.05, 0.1) is 13.7 Å². The van der Waals surface area contributed by atoms with Crippen LogP contribution < -0.4 is 9.61 Å². The number of nitrogens with zero attached hydrogens (tertiary/aromatic N) is 3. The van der Waals surface area contributed by atoms with E-state index >= 15 is 0 Å². The van der Waals surface area contributed by atoms with Gasteiger partial charge in [0, 0.05) is 11.1 Å². The van der Waals surface area contributed by atoms with E-state index in [0.29, 0.717) is 28.4 Å². The number of hydrogen-bond acceptors (Lipinski definition) is 6. The lowest BCUT2D eigenvalue weighted by Crippen LogP contribution is -2.04. The van der Waals surface area contributed by atoms with Gasteiger partial charge < -0.3 is 14.7 Å². The summed E-state index contributed by atoms with van der Waals surface area (Å²) in [6, 6.07) is 0. The zero-order valence-electron chi connectivity index (χ0n) is 9.84. The molecule has 9 heteroatoms. The summed E-state index contributed by atoms with van der Waals surface area (Å²) in [5, 5.41) is 1.77. The van der Waals surface area contributed by atoms with Gasteiger partial charge >= 0.3 is 4.87 Å². The third-order valence-electron chi connectivity index (χ3n) is 2.62. The van der Waals surface area contributed by atoms with Crippen LogP contribution in [-0.4, -0.2) is 31.6 Å². The number of H-pyrrole nitrogens is 2. The second-order valence-electron chi connectivity index (χ2n) is 3.77. The van der Waals surface area contributed by atoms with Crippen molar-refractivity contribution in [1.29, 1.82) is 0 Å². The summed E-state index contributed by atoms with van der Waals surface area (Å²) in [6.45, 7) is 0.442. The summed E-state index contributed by atoms with van der Waals surface area (Å²) in [4.78, 5) is 25.0. The summed E-state index contributed by atoms with van der Waals surface area (Å²) < 4.78 is 7.44. The maximum atomic E-state index is 11.1. The number of methoxy groups -OCH3 is 1. The number of hydrogen-bond donors (Lipinski definition) is 2. The lowest BCUT2D eigenvalue weighted by atomic mass is 10.4. The van der Waals surface area contributed by atoms with Crippen LogP contribution in [0, 0.1) is 4.77 Å². The van der Waals surface area contributed by atoms with E-state index in [4.69, 9.17) is 17.0 Å². The molecule has 0 amide bonds. The molecule has 0 radical (unpaired) electrons. The molecule has 0 aliphatic heterocycles. The third kappa shape index (κ3) is 2.06. The van der Waals surface area contributed by atoms with Crippen molar-refractivity contribution in [1.82, 2.24) is 24.5 Å². The van der Waals surface area contributed by atoms with Crippen LogP contribution in [0.25, 0.3) is 11.2 Å². The number of nitrogens with one attached hydrogen (secondary N) is 2. The summed E-state index contributed by atoms with van der Waals surface area (Å²) in [6.07, 6.45) is 1.41. The van der Waals surface area contributed by atoms with Gasteiger partial charge in [-0.05, 0) is 12.2 Å². The predicted octanol–water partition coefficient (Wildman–Crippen LogP) is 1.30. The molecule has 0 fully saturated rings. The Kier molecular flexibility index (Phi) is 2.91. The number of ether oxygens (including phenoxy) is 1. The van der Waals surface area contributed by atoms with Gasteiger partial charge in [0.2, 0.25) is 5.88 Å². The maximum absolute atomic E-state index is 11.1. The summed E-state index contributed by atoms with van der Waals surface area (Å²) in [5.41, 5.74) is 2.07. The summed E-state index contributed by atoms with van der Waals surface area (Å²) >= 11 is 6.38. The minimum atomic E-state index is -0.0893. The molecule has 19 heavy (non-hydrogen) atoms. The van der Waals surface area contributed by atoms with Crippen molar-refractivity contribution in [2.75, 3.05) is 7.11 Å². The van der Waals surface area contributed by atoms with Gasteiger partial charge in [-0.25, -0.2) is 4.98 Å². The topological polar surface area (TPSA) is 88.6 Å². The van der Waals surface area contributed by atoms with Crippen molar-refractivity contribution in [3.63, 3.8) is 0 Å². The second-order valence-corrected chi connectivity index (χ2v) is 5.00. The Morgan fingerprint density at radius 2 is 2.32 bits per heavy atom. The molecule has 3 rings (SSSR count). The van der Waals surface area contributed by atoms with Gasteiger partial charge in [-0.3, -0.25) is 9.36 Å². The standard InChI is InChI=1S/C10H9N5O2S2/c1-17-8-6-7(11-4-12-8)15(9(18)14-6)2-5-3-19-10(16)13-5/h3-4H,2H2,1H3,(H,13,16)(H,14,18). The molecule has 0 aliphatic rings. The molecule has 98 valence electrons. The Morgan fingerprint density at radius 3 is 3.00 bits per heavy atom. The first-order valence-electron chi connectivity index (χ1n) is 5.33. The van der Waals surface area contributed by atoms with E-state index in [2.05, 4.69) is 19.9 Å². The Morgan fingerprint density at radius 1 is 1.47 bits per heavy atom. The Balaban J connectivity index is 2.16. The Labute approximate surface area is 115 Å². The van der Waals surface area contributed by atoms with Crippen LogP contribution in [0.4, 0.5) is 0 Å². The lowest BCUT2D eigenvalue weighted by molar-refractivity contribution is 0.401. The quantitative estimate of drug-likeness (QED) is 0.711. The number of aromatic amines is 2. The minimum absolute atomic E-state index is 0.0893. The first kappa shape index (κ1) is 12.1. The molecule has 0 unspecified atom stereocenters. The summed E-state index contributed by atoms with van der Waals surface area (Å²) in [7, 11) is 1.53. The smallest absolute Gasteiger partial charge is 0.304 e. The molecule has 0 aliphatic carbocycles. The van der Waals surface area contributed by atoms with Crippen LogP contribution >= 0.6 is 23.6 Å². The molecule has 3 aromatic rings. The number of rotatable bonds is 3. The van der Waals surface area contributed by atoms with Gasteiger partial charge in [-0.1, -0.05) is 11.3 Å². The first-order chi connectivity index (χ1) is 9.19. The molecule has 0 atom stereocenters. The zero-order valence-corrected chi connectivity index (χ0v) is 11.5. The third-order valence-corrected chi connectivity index (χ3v) is 3.66. The van der Waals surface area contributed by atoms with Crippen LogP contribution in [-0.2, 0) is 6.54 Å². The number of thiazole rings is 1. The van der Waals surface area contributed by atoms with Crippen molar-refractivity contribution in [2.24, 2.45) is 0 Å².